The van der Waals surface area contributed by atoms with E-state index in [-0.39, 0.29) is 5.91 Å². The van der Waals surface area contributed by atoms with Gasteiger partial charge in [-0.25, -0.2) is 0 Å². The van der Waals surface area contributed by atoms with Crippen LogP contribution in [0.25, 0.3) is 10.9 Å². The summed E-state index contributed by atoms with van der Waals surface area (Å²) in [5.41, 5.74) is 6.39. The summed E-state index contributed by atoms with van der Waals surface area (Å²) in [4.78, 5) is 16.5. The Hall–Kier alpha value is -3.37. The van der Waals surface area contributed by atoms with E-state index in [2.05, 4.69) is 46.1 Å². The number of nitrogens with one attached hydrogen (secondary N) is 3. The van der Waals surface area contributed by atoms with Crippen molar-refractivity contribution in [3.05, 3.63) is 101 Å². The molecular formula is C26H27N3O. The molecule has 0 saturated carbocycles. The van der Waals surface area contributed by atoms with E-state index in [4.69, 9.17) is 0 Å². The first-order valence-corrected chi connectivity index (χ1v) is 10.3. The lowest BCUT2D eigenvalue weighted by Gasteiger charge is -2.20. The highest BCUT2D eigenvalue weighted by Crippen LogP contribution is 2.21. The molecule has 4 rings (SSSR count). The standard InChI is InChI=1S/C26H27N3O/c1-18-12-13-19(2)24(16-18)29-26(30)25(20-8-4-3-5-9-20)27-15-14-21-17-28-23-11-7-6-10-22(21)23/h3-13,16-17,25,27-28H,14-15H2,1-2H3,(H,29,30)/t25-/m1/s1. The van der Waals surface area contributed by atoms with Gasteiger partial charge in [0.15, 0.2) is 0 Å². The molecular weight excluding hydrogens is 370 g/mol. The number of carbonyl (C=O) groups excluding carboxylic acids is 1. The zero-order valence-corrected chi connectivity index (χ0v) is 17.4. The largest absolute Gasteiger partial charge is 0.361 e. The minimum atomic E-state index is -0.420. The second-order valence-corrected chi connectivity index (χ2v) is 7.71. The van der Waals surface area contributed by atoms with Gasteiger partial charge in [-0.05, 0) is 54.7 Å². The highest BCUT2D eigenvalue weighted by atomic mass is 16.2. The number of fused-ring (bicyclic) bond motifs is 1. The van der Waals surface area contributed by atoms with Crippen molar-refractivity contribution in [2.24, 2.45) is 0 Å². The van der Waals surface area contributed by atoms with Gasteiger partial charge in [-0.15, -0.1) is 0 Å². The monoisotopic (exact) mass is 397 g/mol. The molecule has 0 spiro atoms. The van der Waals surface area contributed by atoms with Crippen LogP contribution in [0.3, 0.4) is 0 Å². The highest BCUT2D eigenvalue weighted by Gasteiger charge is 2.20. The molecule has 0 fully saturated rings. The lowest BCUT2D eigenvalue weighted by atomic mass is 10.0. The molecule has 1 amide bonds. The average molecular weight is 398 g/mol. The number of para-hydroxylation sites is 1. The van der Waals surface area contributed by atoms with Crippen molar-refractivity contribution in [3.63, 3.8) is 0 Å². The van der Waals surface area contributed by atoms with Gasteiger partial charge in [0.25, 0.3) is 0 Å². The first kappa shape index (κ1) is 19.9. The summed E-state index contributed by atoms with van der Waals surface area (Å²) in [7, 11) is 0. The SMILES string of the molecule is Cc1ccc(C)c(NC(=O)[C@H](NCCc2c[nH]c3ccccc23)c2ccccc2)c1. The third-order valence-corrected chi connectivity index (χ3v) is 5.46. The molecule has 1 heterocycles. The van der Waals surface area contributed by atoms with Crippen LogP contribution < -0.4 is 10.6 Å². The molecule has 152 valence electrons. The van der Waals surface area contributed by atoms with E-state index in [1.165, 1.54) is 10.9 Å². The second kappa shape index (κ2) is 8.97. The van der Waals surface area contributed by atoms with Crippen molar-refractivity contribution in [1.82, 2.24) is 10.3 Å². The summed E-state index contributed by atoms with van der Waals surface area (Å²) < 4.78 is 0. The number of carbonyl (C=O) groups is 1. The van der Waals surface area contributed by atoms with Gasteiger partial charge in [0.1, 0.15) is 6.04 Å². The molecule has 4 aromatic rings. The van der Waals surface area contributed by atoms with Gasteiger partial charge in [0.2, 0.25) is 5.91 Å². The van der Waals surface area contributed by atoms with Gasteiger partial charge >= 0.3 is 0 Å². The first-order valence-electron chi connectivity index (χ1n) is 10.3. The number of aryl methyl sites for hydroxylation is 2. The fraction of sp³-hybridized carbons (Fsp3) is 0.192. The molecule has 4 heteroatoms. The molecule has 0 aliphatic rings. The van der Waals surface area contributed by atoms with Gasteiger partial charge in [-0.3, -0.25) is 4.79 Å². The number of benzene rings is 3. The van der Waals surface area contributed by atoms with Crippen LogP contribution in [0.4, 0.5) is 5.69 Å². The Morgan fingerprint density at radius 2 is 1.73 bits per heavy atom. The van der Waals surface area contributed by atoms with Crippen molar-refractivity contribution < 1.29 is 4.79 Å². The van der Waals surface area contributed by atoms with Crippen molar-refractivity contribution in [2.45, 2.75) is 26.3 Å². The smallest absolute Gasteiger partial charge is 0.246 e. The Labute approximate surface area is 177 Å². The third-order valence-electron chi connectivity index (χ3n) is 5.46. The topological polar surface area (TPSA) is 56.9 Å². The van der Waals surface area contributed by atoms with Gasteiger partial charge in [-0.1, -0.05) is 60.7 Å². The molecule has 4 nitrogen and oxygen atoms in total. The van der Waals surface area contributed by atoms with E-state index in [0.717, 1.165) is 34.3 Å². The Morgan fingerprint density at radius 1 is 0.967 bits per heavy atom. The van der Waals surface area contributed by atoms with E-state index < -0.39 is 6.04 Å². The molecule has 3 aromatic carbocycles. The molecule has 0 saturated heterocycles. The van der Waals surface area contributed by atoms with Crippen LogP contribution in [0, 0.1) is 13.8 Å². The minimum Gasteiger partial charge on any atom is -0.361 e. The number of aromatic amines is 1. The molecule has 0 unspecified atom stereocenters. The minimum absolute atomic E-state index is 0.0474. The number of anilines is 1. The molecule has 30 heavy (non-hydrogen) atoms. The average Bonchev–Trinajstić information content (AvgIpc) is 3.17. The van der Waals surface area contributed by atoms with Crippen molar-refractivity contribution >= 4 is 22.5 Å². The molecule has 3 N–H and O–H groups in total. The lowest BCUT2D eigenvalue weighted by Crippen LogP contribution is -2.34. The fourth-order valence-electron chi connectivity index (χ4n) is 3.77. The number of amides is 1. The van der Waals surface area contributed by atoms with Crippen LogP contribution in [0.15, 0.2) is 79.0 Å². The lowest BCUT2D eigenvalue weighted by molar-refractivity contribution is -0.118. The van der Waals surface area contributed by atoms with Crippen molar-refractivity contribution in [1.29, 1.82) is 0 Å². The Balaban J connectivity index is 1.50. The third kappa shape index (κ3) is 4.44. The molecule has 0 aliphatic heterocycles. The predicted octanol–water partition coefficient (Wildman–Crippen LogP) is 5.30. The zero-order valence-electron chi connectivity index (χ0n) is 17.4. The summed E-state index contributed by atoms with van der Waals surface area (Å²) in [6.45, 7) is 4.74. The van der Waals surface area contributed by atoms with E-state index in [1.807, 2.05) is 62.4 Å². The number of H-pyrrole nitrogens is 1. The Morgan fingerprint density at radius 3 is 2.57 bits per heavy atom. The van der Waals surface area contributed by atoms with E-state index >= 15 is 0 Å². The molecule has 1 atom stereocenters. The maximum atomic E-state index is 13.2. The fourth-order valence-corrected chi connectivity index (χ4v) is 3.77. The molecule has 0 aliphatic carbocycles. The normalized spacial score (nSPS) is 12.1. The molecule has 1 aromatic heterocycles. The summed E-state index contributed by atoms with van der Waals surface area (Å²) in [6, 6.07) is 23.9. The van der Waals surface area contributed by atoms with Gasteiger partial charge in [0.05, 0.1) is 0 Å². The zero-order chi connectivity index (χ0) is 20.9. The summed E-state index contributed by atoms with van der Waals surface area (Å²) in [5, 5.41) is 7.81. The summed E-state index contributed by atoms with van der Waals surface area (Å²) in [6.07, 6.45) is 2.89. The van der Waals surface area contributed by atoms with Gasteiger partial charge in [-0.2, -0.15) is 0 Å². The maximum Gasteiger partial charge on any atom is 0.246 e. The highest BCUT2D eigenvalue weighted by molar-refractivity contribution is 5.96. The van der Waals surface area contributed by atoms with Gasteiger partial charge < -0.3 is 15.6 Å². The van der Waals surface area contributed by atoms with Crippen molar-refractivity contribution in [3.8, 4) is 0 Å². The number of hydrogen-bond donors (Lipinski definition) is 3. The maximum absolute atomic E-state index is 13.2. The van der Waals surface area contributed by atoms with E-state index in [1.54, 1.807) is 0 Å². The van der Waals surface area contributed by atoms with Crippen LogP contribution in [-0.2, 0) is 11.2 Å². The molecule has 0 radical (unpaired) electrons. The van der Waals surface area contributed by atoms with Crippen LogP contribution in [0.2, 0.25) is 0 Å². The Bertz CT molecular complexity index is 1150. The van der Waals surface area contributed by atoms with E-state index in [0.29, 0.717) is 6.54 Å². The number of rotatable bonds is 7. The Kier molecular flexibility index (Phi) is 5.96. The summed E-state index contributed by atoms with van der Waals surface area (Å²) in [5.74, 6) is -0.0474. The van der Waals surface area contributed by atoms with Crippen molar-refractivity contribution in [2.75, 3.05) is 11.9 Å². The van der Waals surface area contributed by atoms with Crippen LogP contribution in [0.1, 0.15) is 28.3 Å². The quantitative estimate of drug-likeness (QED) is 0.396. The predicted molar refractivity (Wildman–Crippen MR) is 124 cm³/mol. The second-order valence-electron chi connectivity index (χ2n) is 7.71. The van der Waals surface area contributed by atoms with Crippen LogP contribution in [-0.4, -0.2) is 17.4 Å². The van der Waals surface area contributed by atoms with Crippen LogP contribution >= 0.6 is 0 Å². The summed E-state index contributed by atoms with van der Waals surface area (Å²) >= 11 is 0. The van der Waals surface area contributed by atoms with E-state index in [9.17, 15) is 4.79 Å². The number of hydrogen-bond acceptors (Lipinski definition) is 2. The van der Waals surface area contributed by atoms with Gasteiger partial charge in [0, 0.05) is 29.3 Å². The molecule has 0 bridgehead atoms. The first-order chi connectivity index (χ1) is 14.6. The number of aromatic nitrogens is 1. The van der Waals surface area contributed by atoms with Crippen LogP contribution in [0.5, 0.6) is 0 Å².